The summed E-state index contributed by atoms with van der Waals surface area (Å²) in [6.07, 6.45) is 0. The van der Waals surface area contributed by atoms with E-state index in [-0.39, 0.29) is 4.90 Å². The Bertz CT molecular complexity index is 440. The topological polar surface area (TPSA) is 60.2 Å². The highest BCUT2D eigenvalue weighted by Gasteiger charge is 2.13. The average molecular weight is 264 g/mol. The molecule has 0 spiro atoms. The Labute approximate surface area is 86.1 Å². The van der Waals surface area contributed by atoms with Gasteiger partial charge in [0.1, 0.15) is 0 Å². The van der Waals surface area contributed by atoms with Crippen LogP contribution in [0, 0.1) is 13.8 Å². The SMILES string of the molecule is Cc1ccc(S(N)(=O)=O)c(C)c1Br. The van der Waals surface area contributed by atoms with Crippen LogP contribution in [0.2, 0.25) is 0 Å². The summed E-state index contributed by atoms with van der Waals surface area (Å²) in [5.41, 5.74) is 1.65. The number of aryl methyl sites for hydroxylation is 1. The van der Waals surface area contributed by atoms with Gasteiger partial charge in [-0.1, -0.05) is 22.0 Å². The van der Waals surface area contributed by atoms with Gasteiger partial charge in [-0.3, -0.25) is 0 Å². The Balaban J connectivity index is 3.53. The van der Waals surface area contributed by atoms with Gasteiger partial charge in [0.25, 0.3) is 0 Å². The van der Waals surface area contributed by atoms with Crippen LogP contribution >= 0.6 is 15.9 Å². The summed E-state index contributed by atoms with van der Waals surface area (Å²) in [5.74, 6) is 0. The van der Waals surface area contributed by atoms with E-state index in [0.29, 0.717) is 5.56 Å². The van der Waals surface area contributed by atoms with Crippen LogP contribution in [0.4, 0.5) is 0 Å². The van der Waals surface area contributed by atoms with Gasteiger partial charge in [-0.05, 0) is 31.0 Å². The molecule has 0 unspecified atom stereocenters. The fourth-order valence-electron chi connectivity index (χ4n) is 1.11. The summed E-state index contributed by atoms with van der Waals surface area (Å²) in [4.78, 5) is 0.171. The third-order valence-electron chi connectivity index (χ3n) is 1.84. The lowest BCUT2D eigenvalue weighted by molar-refractivity contribution is 0.597. The molecule has 0 amide bonds. The fraction of sp³-hybridized carbons (Fsp3) is 0.250. The molecule has 1 aromatic rings. The molecule has 0 aliphatic rings. The number of nitrogens with two attached hydrogens (primary N) is 1. The Hall–Kier alpha value is -0.390. The lowest BCUT2D eigenvalue weighted by atomic mass is 10.2. The molecule has 0 atom stereocenters. The summed E-state index contributed by atoms with van der Waals surface area (Å²) < 4.78 is 22.9. The molecule has 1 rings (SSSR count). The largest absolute Gasteiger partial charge is 0.238 e. The van der Waals surface area contributed by atoms with Crippen molar-refractivity contribution in [1.29, 1.82) is 0 Å². The van der Waals surface area contributed by atoms with Gasteiger partial charge < -0.3 is 0 Å². The number of benzene rings is 1. The second kappa shape index (κ2) is 3.40. The molecule has 5 heteroatoms. The number of hydrogen-bond donors (Lipinski definition) is 1. The highest BCUT2D eigenvalue weighted by atomic mass is 79.9. The summed E-state index contributed by atoms with van der Waals surface area (Å²) >= 11 is 3.30. The Morgan fingerprint density at radius 3 is 2.31 bits per heavy atom. The van der Waals surface area contributed by atoms with Crippen LogP contribution < -0.4 is 5.14 Å². The first-order valence-electron chi connectivity index (χ1n) is 3.62. The van der Waals surface area contributed by atoms with Crippen molar-refractivity contribution in [2.24, 2.45) is 5.14 Å². The predicted octanol–water partition coefficient (Wildman–Crippen LogP) is 1.71. The van der Waals surface area contributed by atoms with Gasteiger partial charge in [0, 0.05) is 4.47 Å². The molecule has 3 nitrogen and oxygen atoms in total. The van der Waals surface area contributed by atoms with E-state index in [1.54, 1.807) is 13.0 Å². The first-order chi connectivity index (χ1) is 5.84. The van der Waals surface area contributed by atoms with Crippen molar-refractivity contribution in [2.45, 2.75) is 18.7 Å². The van der Waals surface area contributed by atoms with E-state index in [0.717, 1.165) is 10.0 Å². The second-order valence-electron chi connectivity index (χ2n) is 2.86. The molecule has 0 aliphatic carbocycles. The molecule has 0 aromatic heterocycles. The molecule has 72 valence electrons. The van der Waals surface area contributed by atoms with Gasteiger partial charge >= 0.3 is 0 Å². The Morgan fingerprint density at radius 1 is 1.31 bits per heavy atom. The highest BCUT2D eigenvalue weighted by molar-refractivity contribution is 9.10. The van der Waals surface area contributed by atoms with E-state index >= 15 is 0 Å². The number of rotatable bonds is 1. The van der Waals surface area contributed by atoms with Crippen molar-refractivity contribution >= 4 is 26.0 Å². The summed E-state index contributed by atoms with van der Waals surface area (Å²) in [6, 6.07) is 3.24. The van der Waals surface area contributed by atoms with Crippen molar-refractivity contribution < 1.29 is 8.42 Å². The van der Waals surface area contributed by atoms with Gasteiger partial charge in [0.05, 0.1) is 4.90 Å². The van der Waals surface area contributed by atoms with E-state index in [4.69, 9.17) is 5.14 Å². The lowest BCUT2D eigenvalue weighted by Gasteiger charge is -2.07. The van der Waals surface area contributed by atoms with Crippen LogP contribution in [0.3, 0.4) is 0 Å². The first-order valence-corrected chi connectivity index (χ1v) is 5.96. The van der Waals surface area contributed by atoms with Gasteiger partial charge in [-0.25, -0.2) is 13.6 Å². The zero-order valence-electron chi connectivity index (χ0n) is 7.33. The molecule has 2 N–H and O–H groups in total. The Kier molecular flexibility index (Phi) is 2.79. The molecule has 0 aliphatic heterocycles. The summed E-state index contributed by atoms with van der Waals surface area (Å²) in [5, 5.41) is 5.03. The third kappa shape index (κ3) is 2.10. The molecule has 0 fully saturated rings. The monoisotopic (exact) mass is 263 g/mol. The van der Waals surface area contributed by atoms with E-state index in [2.05, 4.69) is 15.9 Å². The smallest absolute Gasteiger partial charge is 0.225 e. The van der Waals surface area contributed by atoms with E-state index in [9.17, 15) is 8.42 Å². The van der Waals surface area contributed by atoms with E-state index in [1.165, 1.54) is 6.07 Å². The molecule has 1 aromatic carbocycles. The maximum absolute atomic E-state index is 11.1. The van der Waals surface area contributed by atoms with Crippen LogP contribution in [0.25, 0.3) is 0 Å². The number of primary sulfonamides is 1. The van der Waals surface area contributed by atoms with Crippen molar-refractivity contribution in [2.75, 3.05) is 0 Å². The normalized spacial score (nSPS) is 11.7. The van der Waals surface area contributed by atoms with Crippen LogP contribution in [0.1, 0.15) is 11.1 Å². The molecule has 0 heterocycles. The Morgan fingerprint density at radius 2 is 1.85 bits per heavy atom. The van der Waals surface area contributed by atoms with Crippen molar-refractivity contribution in [3.63, 3.8) is 0 Å². The van der Waals surface area contributed by atoms with Crippen molar-refractivity contribution in [1.82, 2.24) is 0 Å². The number of halogens is 1. The first kappa shape index (κ1) is 10.7. The van der Waals surface area contributed by atoms with Gasteiger partial charge in [-0.15, -0.1) is 0 Å². The van der Waals surface area contributed by atoms with Crippen LogP contribution in [-0.4, -0.2) is 8.42 Å². The summed E-state index contributed by atoms with van der Waals surface area (Å²) in [7, 11) is -3.60. The van der Waals surface area contributed by atoms with E-state index < -0.39 is 10.0 Å². The second-order valence-corrected chi connectivity index (χ2v) is 5.19. The molecule has 0 bridgehead atoms. The maximum Gasteiger partial charge on any atom is 0.238 e. The maximum atomic E-state index is 11.1. The quantitative estimate of drug-likeness (QED) is 0.839. The zero-order chi connectivity index (χ0) is 10.2. The van der Waals surface area contributed by atoms with Gasteiger partial charge in [0.15, 0.2) is 0 Å². The van der Waals surface area contributed by atoms with Crippen molar-refractivity contribution in [3.8, 4) is 0 Å². The lowest BCUT2D eigenvalue weighted by Crippen LogP contribution is -2.13. The molecular weight excluding hydrogens is 254 g/mol. The van der Waals surface area contributed by atoms with Gasteiger partial charge in [-0.2, -0.15) is 0 Å². The minimum Gasteiger partial charge on any atom is -0.225 e. The van der Waals surface area contributed by atoms with Crippen LogP contribution in [-0.2, 0) is 10.0 Å². The minimum atomic E-state index is -3.60. The zero-order valence-corrected chi connectivity index (χ0v) is 9.74. The average Bonchev–Trinajstić information content (AvgIpc) is 1.98. The molecule has 0 saturated carbocycles. The standard InChI is InChI=1S/C8H10BrNO2S/c1-5-3-4-7(13(10,11)12)6(2)8(5)9/h3-4H,1-2H3,(H2,10,11,12). The number of hydrogen-bond acceptors (Lipinski definition) is 2. The molecule has 0 radical (unpaired) electrons. The number of sulfonamides is 1. The van der Waals surface area contributed by atoms with E-state index in [1.807, 2.05) is 6.92 Å². The molecule has 0 saturated heterocycles. The highest BCUT2D eigenvalue weighted by Crippen LogP contribution is 2.25. The molecular formula is C8H10BrNO2S. The third-order valence-corrected chi connectivity index (χ3v) is 4.11. The van der Waals surface area contributed by atoms with Gasteiger partial charge in [0.2, 0.25) is 10.0 Å². The van der Waals surface area contributed by atoms with Crippen LogP contribution in [0.15, 0.2) is 21.5 Å². The summed E-state index contributed by atoms with van der Waals surface area (Å²) in [6.45, 7) is 3.61. The predicted molar refractivity (Wildman–Crippen MR) is 55.0 cm³/mol. The fourth-order valence-corrected chi connectivity index (χ4v) is 2.37. The minimum absolute atomic E-state index is 0.171. The van der Waals surface area contributed by atoms with Crippen LogP contribution in [0.5, 0.6) is 0 Å². The molecule has 13 heavy (non-hydrogen) atoms. The van der Waals surface area contributed by atoms with Crippen molar-refractivity contribution in [3.05, 3.63) is 27.7 Å².